The van der Waals surface area contributed by atoms with Crippen LogP contribution in [0.2, 0.25) is 0 Å². The Morgan fingerprint density at radius 2 is 2.11 bits per heavy atom. The van der Waals surface area contributed by atoms with Crippen LogP contribution in [0.4, 0.5) is 0 Å². The number of hydrogen-bond acceptors (Lipinski definition) is 5. The largest absolute Gasteiger partial charge is 0.491 e. The van der Waals surface area contributed by atoms with Crippen LogP contribution in [-0.4, -0.2) is 43.8 Å². The van der Waals surface area contributed by atoms with Crippen molar-refractivity contribution in [1.29, 1.82) is 0 Å². The van der Waals surface area contributed by atoms with Crippen LogP contribution in [0.1, 0.15) is 32.9 Å². The number of nitrogens with zero attached hydrogens (tertiary/aromatic N) is 4. The summed E-state index contributed by atoms with van der Waals surface area (Å²) in [6.07, 6.45) is 0. The van der Waals surface area contributed by atoms with E-state index >= 15 is 0 Å². The lowest BCUT2D eigenvalue weighted by Crippen LogP contribution is -2.32. The second-order valence-corrected chi connectivity index (χ2v) is 6.89. The molecule has 2 aromatic heterocycles. The van der Waals surface area contributed by atoms with Gasteiger partial charge in [-0.05, 0) is 37.6 Å². The highest BCUT2D eigenvalue weighted by atomic mass is 16.5. The van der Waals surface area contributed by atoms with Crippen molar-refractivity contribution in [3.8, 4) is 5.75 Å². The smallest absolute Gasteiger partial charge is 0.255 e. The fourth-order valence-corrected chi connectivity index (χ4v) is 3.63. The molecule has 0 radical (unpaired) electrons. The van der Waals surface area contributed by atoms with Crippen LogP contribution in [0.3, 0.4) is 0 Å². The average Bonchev–Trinajstić information content (AvgIpc) is 2.83. The Balaban J connectivity index is 1.75. The average molecular weight is 366 g/mol. The number of aliphatic hydroxyl groups excluding tert-OH is 1. The Morgan fingerprint density at radius 1 is 1.30 bits per heavy atom. The quantitative estimate of drug-likeness (QED) is 0.751. The number of fused-ring (bicyclic) bond motifs is 2. The monoisotopic (exact) mass is 366 g/mol. The molecule has 3 heterocycles. The van der Waals surface area contributed by atoms with Gasteiger partial charge >= 0.3 is 0 Å². The number of pyridine rings is 1. The van der Waals surface area contributed by atoms with E-state index in [-0.39, 0.29) is 12.5 Å². The molecule has 1 N–H and O–H groups in total. The van der Waals surface area contributed by atoms with Gasteiger partial charge in [-0.15, -0.1) is 0 Å². The first-order valence-electron chi connectivity index (χ1n) is 8.93. The zero-order chi connectivity index (χ0) is 19.1. The summed E-state index contributed by atoms with van der Waals surface area (Å²) in [7, 11) is 1.84. The molecule has 0 saturated heterocycles. The standard InChI is InChI=1S/C20H22N4O3/c1-12-8-16(18-13(2)22-23(3)19(18)21-12)20(26)24-6-7-27-17-5-4-14(11-25)9-15(17)10-24/h4-5,8-9,25H,6-7,10-11H2,1-3H3. The van der Waals surface area contributed by atoms with E-state index in [0.717, 1.165) is 33.7 Å². The lowest BCUT2D eigenvalue weighted by Gasteiger charge is -2.21. The highest BCUT2D eigenvalue weighted by Crippen LogP contribution is 2.27. The summed E-state index contributed by atoms with van der Waals surface area (Å²) in [5.41, 5.74) is 4.60. The van der Waals surface area contributed by atoms with Crippen molar-refractivity contribution in [3.63, 3.8) is 0 Å². The molecule has 0 saturated carbocycles. The summed E-state index contributed by atoms with van der Waals surface area (Å²) in [6.45, 7) is 5.09. The van der Waals surface area contributed by atoms with Crippen LogP contribution in [-0.2, 0) is 20.2 Å². The fraction of sp³-hybridized carbons (Fsp3) is 0.350. The summed E-state index contributed by atoms with van der Waals surface area (Å²) in [4.78, 5) is 19.7. The van der Waals surface area contributed by atoms with Gasteiger partial charge in [-0.25, -0.2) is 4.98 Å². The van der Waals surface area contributed by atoms with Crippen LogP contribution in [0.15, 0.2) is 24.3 Å². The molecule has 0 bridgehead atoms. The van der Waals surface area contributed by atoms with E-state index in [1.807, 2.05) is 45.2 Å². The van der Waals surface area contributed by atoms with Crippen molar-refractivity contribution < 1.29 is 14.6 Å². The SMILES string of the molecule is Cc1cc(C(=O)N2CCOc3ccc(CO)cc3C2)c2c(C)nn(C)c2n1. The van der Waals surface area contributed by atoms with Gasteiger partial charge in [-0.2, -0.15) is 5.10 Å². The minimum absolute atomic E-state index is 0.0414. The van der Waals surface area contributed by atoms with Gasteiger partial charge in [0.2, 0.25) is 0 Å². The molecule has 1 aliphatic rings. The summed E-state index contributed by atoms with van der Waals surface area (Å²) in [5.74, 6) is 0.698. The van der Waals surface area contributed by atoms with E-state index in [0.29, 0.717) is 30.9 Å². The second kappa shape index (κ2) is 6.66. The topological polar surface area (TPSA) is 80.5 Å². The van der Waals surface area contributed by atoms with Gasteiger partial charge in [0.25, 0.3) is 5.91 Å². The van der Waals surface area contributed by atoms with Crippen LogP contribution in [0, 0.1) is 13.8 Å². The first-order valence-corrected chi connectivity index (χ1v) is 8.93. The molecule has 3 aromatic rings. The summed E-state index contributed by atoms with van der Waals surface area (Å²) >= 11 is 0. The van der Waals surface area contributed by atoms with Crippen molar-refractivity contribution in [2.45, 2.75) is 27.0 Å². The normalized spacial score (nSPS) is 14.0. The number of rotatable bonds is 2. The molecule has 7 heteroatoms. The minimum atomic E-state index is -0.0625. The van der Waals surface area contributed by atoms with Gasteiger partial charge < -0.3 is 14.7 Å². The predicted octanol–water partition coefficient (Wildman–Crippen LogP) is 2.11. The van der Waals surface area contributed by atoms with Crippen molar-refractivity contribution in [2.75, 3.05) is 13.2 Å². The molecule has 140 valence electrons. The van der Waals surface area contributed by atoms with E-state index in [1.54, 1.807) is 9.58 Å². The maximum absolute atomic E-state index is 13.4. The maximum atomic E-state index is 13.4. The molecule has 0 spiro atoms. The van der Waals surface area contributed by atoms with E-state index in [4.69, 9.17) is 4.74 Å². The molecule has 1 aromatic carbocycles. The molecule has 0 aliphatic carbocycles. The van der Waals surface area contributed by atoms with Gasteiger partial charge in [0.05, 0.1) is 29.8 Å². The number of amides is 1. The summed E-state index contributed by atoms with van der Waals surface area (Å²) < 4.78 is 7.51. The first kappa shape index (κ1) is 17.5. The lowest BCUT2D eigenvalue weighted by atomic mass is 10.1. The van der Waals surface area contributed by atoms with Gasteiger partial charge in [-0.1, -0.05) is 6.07 Å². The third-order valence-corrected chi connectivity index (χ3v) is 4.90. The van der Waals surface area contributed by atoms with Crippen LogP contribution in [0.5, 0.6) is 5.75 Å². The van der Waals surface area contributed by atoms with E-state index in [2.05, 4.69) is 10.1 Å². The number of carbonyl (C=O) groups is 1. The molecular weight excluding hydrogens is 344 g/mol. The molecule has 0 unspecified atom stereocenters. The van der Waals surface area contributed by atoms with Crippen LogP contribution >= 0.6 is 0 Å². The number of carbonyl (C=O) groups excluding carboxylic acids is 1. The number of aryl methyl sites for hydroxylation is 3. The number of ether oxygens (including phenoxy) is 1. The van der Waals surface area contributed by atoms with E-state index in [1.165, 1.54) is 0 Å². The zero-order valence-corrected chi connectivity index (χ0v) is 15.7. The van der Waals surface area contributed by atoms with Crippen LogP contribution in [0.25, 0.3) is 11.0 Å². The van der Waals surface area contributed by atoms with Gasteiger partial charge in [0, 0.05) is 24.8 Å². The van der Waals surface area contributed by atoms with Gasteiger partial charge in [0.1, 0.15) is 12.4 Å². The number of aliphatic hydroxyl groups is 1. The van der Waals surface area contributed by atoms with E-state index < -0.39 is 0 Å². The molecule has 27 heavy (non-hydrogen) atoms. The van der Waals surface area contributed by atoms with Gasteiger partial charge in [0.15, 0.2) is 5.65 Å². The Kier molecular flexibility index (Phi) is 4.31. The highest BCUT2D eigenvalue weighted by molar-refractivity contribution is 6.06. The maximum Gasteiger partial charge on any atom is 0.255 e. The third-order valence-electron chi connectivity index (χ3n) is 4.90. The Labute approximate surface area is 157 Å². The zero-order valence-electron chi connectivity index (χ0n) is 15.7. The molecule has 1 amide bonds. The summed E-state index contributed by atoms with van der Waals surface area (Å²) in [5, 5.41) is 14.6. The predicted molar refractivity (Wildman–Crippen MR) is 101 cm³/mol. The molecule has 4 rings (SSSR count). The fourth-order valence-electron chi connectivity index (χ4n) is 3.63. The first-order chi connectivity index (χ1) is 13.0. The molecule has 0 atom stereocenters. The van der Waals surface area contributed by atoms with E-state index in [9.17, 15) is 9.90 Å². The molecule has 0 fully saturated rings. The van der Waals surface area contributed by atoms with Crippen LogP contribution < -0.4 is 4.74 Å². The summed E-state index contributed by atoms with van der Waals surface area (Å²) in [6, 6.07) is 7.42. The highest BCUT2D eigenvalue weighted by Gasteiger charge is 2.25. The molecule has 1 aliphatic heterocycles. The number of benzene rings is 1. The van der Waals surface area contributed by atoms with Crippen molar-refractivity contribution in [1.82, 2.24) is 19.7 Å². The molecule has 7 nitrogen and oxygen atoms in total. The second-order valence-electron chi connectivity index (χ2n) is 6.89. The van der Waals surface area contributed by atoms with Crippen molar-refractivity contribution in [2.24, 2.45) is 7.05 Å². The van der Waals surface area contributed by atoms with Crippen molar-refractivity contribution >= 4 is 16.9 Å². The minimum Gasteiger partial charge on any atom is -0.491 e. The Bertz CT molecular complexity index is 1040. The molecular formula is C20H22N4O3. The Hall–Kier alpha value is -2.93. The van der Waals surface area contributed by atoms with Crippen molar-refractivity contribution in [3.05, 3.63) is 52.3 Å². The lowest BCUT2D eigenvalue weighted by molar-refractivity contribution is 0.0735. The number of aromatic nitrogens is 3. The third kappa shape index (κ3) is 3.04. The van der Waals surface area contributed by atoms with Gasteiger partial charge in [-0.3, -0.25) is 9.48 Å². The number of hydrogen-bond donors (Lipinski definition) is 1. The Morgan fingerprint density at radius 3 is 2.89 bits per heavy atom.